The van der Waals surface area contributed by atoms with Crippen molar-refractivity contribution in [2.24, 2.45) is 12.9 Å². The van der Waals surface area contributed by atoms with Crippen molar-refractivity contribution in [2.75, 3.05) is 0 Å². The Morgan fingerprint density at radius 1 is 1.50 bits per heavy atom. The number of thiophene rings is 1. The van der Waals surface area contributed by atoms with Crippen LogP contribution >= 0.6 is 27.3 Å². The molecule has 0 aliphatic heterocycles. The molecule has 110 valence electrons. The first-order valence-electron chi connectivity index (χ1n) is 6.69. The highest BCUT2D eigenvalue weighted by Gasteiger charge is 2.14. The van der Waals surface area contributed by atoms with Gasteiger partial charge in [-0.25, -0.2) is 0 Å². The maximum absolute atomic E-state index is 5.69. The van der Waals surface area contributed by atoms with Crippen LogP contribution in [0.25, 0.3) is 0 Å². The quantitative estimate of drug-likeness (QED) is 0.617. The number of hydrogen-bond donors (Lipinski definition) is 2. The molecule has 0 aromatic carbocycles. The number of nitrogens with zero attached hydrogens (tertiary/aromatic N) is 2. The van der Waals surface area contributed by atoms with Gasteiger partial charge in [0.25, 0.3) is 0 Å². The largest absolute Gasteiger partial charge is 0.272 e. The highest BCUT2D eigenvalue weighted by atomic mass is 79.9. The van der Waals surface area contributed by atoms with Crippen molar-refractivity contribution in [3.05, 3.63) is 37.7 Å². The zero-order valence-corrected chi connectivity index (χ0v) is 14.5. The van der Waals surface area contributed by atoms with Gasteiger partial charge in [-0.3, -0.25) is 16.0 Å². The Morgan fingerprint density at radius 2 is 2.25 bits per heavy atom. The van der Waals surface area contributed by atoms with E-state index >= 15 is 0 Å². The van der Waals surface area contributed by atoms with Gasteiger partial charge in [-0.05, 0) is 60.7 Å². The topological polar surface area (TPSA) is 55.9 Å². The minimum Gasteiger partial charge on any atom is -0.272 e. The molecule has 4 nitrogen and oxygen atoms in total. The van der Waals surface area contributed by atoms with E-state index in [1.807, 2.05) is 11.7 Å². The van der Waals surface area contributed by atoms with Gasteiger partial charge >= 0.3 is 0 Å². The molecular weight excluding hydrogens is 336 g/mol. The Morgan fingerprint density at radius 3 is 2.75 bits per heavy atom. The standard InChI is InChI=1S/C14H21BrN4S/c1-9-14(10(2)19(3)18-9)5-4-12(17-16)7-13-6-11(15)8-20-13/h6,8,12,17H,4-5,7,16H2,1-3H3. The van der Waals surface area contributed by atoms with Crippen LogP contribution in [0.3, 0.4) is 0 Å². The molecule has 0 spiro atoms. The maximum atomic E-state index is 5.69. The summed E-state index contributed by atoms with van der Waals surface area (Å²) in [6.07, 6.45) is 2.98. The van der Waals surface area contributed by atoms with Gasteiger partial charge in [-0.1, -0.05) is 0 Å². The van der Waals surface area contributed by atoms with Crippen molar-refractivity contribution in [2.45, 2.75) is 39.2 Å². The smallest absolute Gasteiger partial charge is 0.0628 e. The molecule has 2 aromatic heterocycles. The van der Waals surface area contributed by atoms with Gasteiger partial charge in [0.15, 0.2) is 0 Å². The predicted octanol–water partition coefficient (Wildman–Crippen LogP) is 2.87. The van der Waals surface area contributed by atoms with Gasteiger partial charge in [0.05, 0.1) is 5.69 Å². The fourth-order valence-corrected chi connectivity index (χ4v) is 3.98. The summed E-state index contributed by atoms with van der Waals surface area (Å²) in [6.45, 7) is 4.19. The van der Waals surface area contributed by atoms with Crippen LogP contribution in [0.5, 0.6) is 0 Å². The van der Waals surface area contributed by atoms with E-state index in [1.165, 1.54) is 16.1 Å². The molecule has 0 bridgehead atoms. The summed E-state index contributed by atoms with van der Waals surface area (Å²) in [4.78, 5) is 1.35. The van der Waals surface area contributed by atoms with E-state index in [4.69, 9.17) is 5.84 Å². The monoisotopic (exact) mass is 356 g/mol. The SMILES string of the molecule is Cc1nn(C)c(C)c1CCC(Cc1cc(Br)cs1)NN. The third-order valence-electron chi connectivity index (χ3n) is 3.71. The molecule has 1 atom stereocenters. The Bertz CT molecular complexity index is 576. The molecule has 2 aromatic rings. The first-order valence-corrected chi connectivity index (χ1v) is 8.36. The molecule has 0 amide bonds. The molecule has 3 N–H and O–H groups in total. The Balaban J connectivity index is 1.97. The maximum Gasteiger partial charge on any atom is 0.0628 e. The van der Waals surface area contributed by atoms with E-state index in [2.05, 4.69) is 51.7 Å². The minimum atomic E-state index is 0.291. The Kier molecular flexibility index (Phi) is 5.37. The second kappa shape index (κ2) is 6.85. The van der Waals surface area contributed by atoms with Crippen LogP contribution < -0.4 is 11.3 Å². The molecule has 0 saturated heterocycles. The van der Waals surface area contributed by atoms with Crippen LogP contribution in [0.2, 0.25) is 0 Å². The van der Waals surface area contributed by atoms with Crippen LogP contribution in [-0.2, 0) is 19.9 Å². The lowest BCUT2D eigenvalue weighted by Gasteiger charge is -2.15. The number of nitrogens with one attached hydrogen (secondary N) is 1. The van der Waals surface area contributed by atoms with E-state index in [9.17, 15) is 0 Å². The average Bonchev–Trinajstić information content (AvgIpc) is 2.91. The average molecular weight is 357 g/mol. The first kappa shape index (κ1) is 15.7. The number of nitrogens with two attached hydrogens (primary N) is 1. The third kappa shape index (κ3) is 3.69. The highest BCUT2D eigenvalue weighted by Crippen LogP contribution is 2.22. The molecule has 20 heavy (non-hydrogen) atoms. The molecule has 0 saturated carbocycles. The van der Waals surface area contributed by atoms with Crippen molar-refractivity contribution in [1.29, 1.82) is 0 Å². The summed E-state index contributed by atoms with van der Waals surface area (Å²) in [5, 5.41) is 6.57. The molecule has 0 fully saturated rings. The lowest BCUT2D eigenvalue weighted by atomic mass is 10.0. The summed E-state index contributed by atoms with van der Waals surface area (Å²) >= 11 is 5.26. The summed E-state index contributed by atoms with van der Waals surface area (Å²) < 4.78 is 3.10. The van der Waals surface area contributed by atoms with Crippen molar-refractivity contribution >= 4 is 27.3 Å². The predicted molar refractivity (Wildman–Crippen MR) is 87.8 cm³/mol. The number of rotatable bonds is 6. The fourth-order valence-electron chi connectivity index (χ4n) is 2.45. The van der Waals surface area contributed by atoms with E-state index in [-0.39, 0.29) is 0 Å². The van der Waals surface area contributed by atoms with Gasteiger partial charge in [0.1, 0.15) is 0 Å². The van der Waals surface area contributed by atoms with Crippen LogP contribution in [0.4, 0.5) is 0 Å². The molecule has 0 radical (unpaired) electrons. The second-order valence-corrected chi connectivity index (χ2v) is 7.02. The van der Waals surface area contributed by atoms with Crippen LogP contribution in [-0.4, -0.2) is 15.8 Å². The molecule has 2 rings (SSSR count). The molecule has 6 heteroatoms. The molecule has 2 heterocycles. The Labute approximate surface area is 132 Å². The van der Waals surface area contributed by atoms with Gasteiger partial charge in [-0.15, -0.1) is 11.3 Å². The number of halogens is 1. The number of aryl methyl sites for hydroxylation is 2. The van der Waals surface area contributed by atoms with Crippen molar-refractivity contribution in [3.8, 4) is 0 Å². The van der Waals surface area contributed by atoms with Crippen molar-refractivity contribution < 1.29 is 0 Å². The van der Waals surface area contributed by atoms with E-state index in [1.54, 1.807) is 11.3 Å². The second-order valence-electron chi connectivity index (χ2n) is 5.11. The number of aromatic nitrogens is 2. The molecule has 1 unspecified atom stereocenters. The van der Waals surface area contributed by atoms with Crippen LogP contribution in [0.1, 0.15) is 28.2 Å². The van der Waals surface area contributed by atoms with E-state index in [0.717, 1.165) is 29.4 Å². The van der Waals surface area contributed by atoms with Crippen molar-refractivity contribution in [3.63, 3.8) is 0 Å². The third-order valence-corrected chi connectivity index (χ3v) is 5.43. The minimum absolute atomic E-state index is 0.291. The first-order chi connectivity index (χ1) is 9.51. The number of hydrogen-bond acceptors (Lipinski definition) is 4. The van der Waals surface area contributed by atoms with Gasteiger partial charge in [0, 0.05) is 33.5 Å². The fraction of sp³-hybridized carbons (Fsp3) is 0.500. The summed E-state index contributed by atoms with van der Waals surface area (Å²) in [5.41, 5.74) is 6.66. The van der Waals surface area contributed by atoms with Gasteiger partial charge < -0.3 is 0 Å². The summed E-state index contributed by atoms with van der Waals surface area (Å²) in [5.74, 6) is 5.69. The lowest BCUT2D eigenvalue weighted by molar-refractivity contribution is 0.493. The van der Waals surface area contributed by atoms with Crippen LogP contribution in [0, 0.1) is 13.8 Å². The highest BCUT2D eigenvalue weighted by molar-refractivity contribution is 9.10. The van der Waals surface area contributed by atoms with E-state index < -0.39 is 0 Å². The van der Waals surface area contributed by atoms with Crippen LogP contribution in [0.15, 0.2) is 15.9 Å². The normalized spacial score (nSPS) is 12.8. The zero-order valence-electron chi connectivity index (χ0n) is 12.1. The molecule has 0 aliphatic rings. The zero-order chi connectivity index (χ0) is 14.7. The Hall–Kier alpha value is -0.690. The summed E-state index contributed by atoms with van der Waals surface area (Å²) in [6, 6.07) is 2.45. The van der Waals surface area contributed by atoms with Crippen molar-refractivity contribution in [1.82, 2.24) is 15.2 Å². The van der Waals surface area contributed by atoms with Gasteiger partial charge in [-0.2, -0.15) is 5.10 Å². The molecule has 0 aliphatic carbocycles. The van der Waals surface area contributed by atoms with Gasteiger partial charge in [0.2, 0.25) is 0 Å². The lowest BCUT2D eigenvalue weighted by Crippen LogP contribution is -2.37. The van der Waals surface area contributed by atoms with E-state index in [0.29, 0.717) is 6.04 Å². The summed E-state index contributed by atoms with van der Waals surface area (Å²) in [7, 11) is 1.99. The number of hydrazine groups is 1. The molecular formula is C14H21BrN4S.